The first-order chi connectivity index (χ1) is 13.8. The van der Waals surface area contributed by atoms with Crippen LogP contribution in [0.3, 0.4) is 0 Å². The van der Waals surface area contributed by atoms with Crippen LogP contribution < -0.4 is 0 Å². The number of amides is 2. The molecule has 1 fully saturated rings. The van der Waals surface area contributed by atoms with Gasteiger partial charge in [0.25, 0.3) is 5.91 Å². The first-order valence-corrected chi connectivity index (χ1v) is 10.5. The quantitative estimate of drug-likeness (QED) is 0.695. The number of rotatable bonds is 6. The van der Waals surface area contributed by atoms with Crippen molar-refractivity contribution in [2.24, 2.45) is 0 Å². The van der Waals surface area contributed by atoms with Gasteiger partial charge < -0.3 is 9.80 Å². The van der Waals surface area contributed by atoms with Crippen LogP contribution >= 0.6 is 11.8 Å². The molecule has 1 aliphatic heterocycles. The van der Waals surface area contributed by atoms with Crippen molar-refractivity contribution in [3.05, 3.63) is 71.3 Å². The van der Waals surface area contributed by atoms with E-state index in [1.807, 2.05) is 13.8 Å². The van der Waals surface area contributed by atoms with E-state index in [9.17, 15) is 18.4 Å². The van der Waals surface area contributed by atoms with Gasteiger partial charge in [-0.05, 0) is 45.0 Å². The summed E-state index contributed by atoms with van der Waals surface area (Å²) in [6.45, 7) is 6.09. The van der Waals surface area contributed by atoms with Gasteiger partial charge in [-0.2, -0.15) is 0 Å². The number of carbonyl (C=O) groups is 2. The molecule has 2 aromatic rings. The Balaban J connectivity index is 1.79. The summed E-state index contributed by atoms with van der Waals surface area (Å²) in [5, 5.41) is -0.719. The molecule has 2 aromatic carbocycles. The monoisotopic (exact) mass is 418 g/mol. The summed E-state index contributed by atoms with van der Waals surface area (Å²) in [5.74, 6) is -1.20. The summed E-state index contributed by atoms with van der Waals surface area (Å²) in [5.41, 5.74) is 0.725. The lowest BCUT2D eigenvalue weighted by Crippen LogP contribution is -2.44. The molecule has 1 saturated heterocycles. The highest BCUT2D eigenvalue weighted by molar-refractivity contribution is 8.01. The number of thioether (sulfide) groups is 1. The zero-order valence-corrected chi connectivity index (χ0v) is 17.5. The van der Waals surface area contributed by atoms with Crippen molar-refractivity contribution in [1.29, 1.82) is 0 Å². The first kappa shape index (κ1) is 21.3. The minimum Gasteiger partial charge on any atom is -0.334 e. The largest absolute Gasteiger partial charge is 0.334 e. The van der Waals surface area contributed by atoms with Crippen molar-refractivity contribution >= 4 is 23.6 Å². The van der Waals surface area contributed by atoms with E-state index >= 15 is 0 Å². The topological polar surface area (TPSA) is 40.6 Å². The smallest absolute Gasteiger partial charge is 0.254 e. The molecule has 29 heavy (non-hydrogen) atoms. The third kappa shape index (κ3) is 4.61. The average molecular weight is 419 g/mol. The Morgan fingerprint density at radius 2 is 1.90 bits per heavy atom. The molecule has 0 radical (unpaired) electrons. The van der Waals surface area contributed by atoms with E-state index in [1.54, 1.807) is 41.0 Å². The number of nitrogens with zero attached hydrogens (tertiary/aromatic N) is 2. The summed E-state index contributed by atoms with van der Waals surface area (Å²) < 4.78 is 27.9. The number of hydrogen-bond acceptors (Lipinski definition) is 3. The summed E-state index contributed by atoms with van der Waals surface area (Å²) >= 11 is 1.40. The SMILES string of the molecule is CC(C)N(CCN1C(=O)[C@@H](C)S[C@@H]1c1ccccc1F)C(=O)c1cccc(F)c1. The molecule has 0 bridgehead atoms. The molecule has 7 heteroatoms. The predicted molar refractivity (Wildman–Crippen MR) is 110 cm³/mol. The van der Waals surface area contributed by atoms with E-state index in [1.165, 1.54) is 36.0 Å². The number of halogens is 2. The second kappa shape index (κ2) is 8.95. The molecule has 0 N–H and O–H groups in total. The lowest BCUT2D eigenvalue weighted by Gasteiger charge is -2.31. The Morgan fingerprint density at radius 3 is 2.55 bits per heavy atom. The lowest BCUT2D eigenvalue weighted by atomic mass is 10.1. The van der Waals surface area contributed by atoms with E-state index in [2.05, 4.69) is 0 Å². The number of benzene rings is 2. The predicted octanol–water partition coefficient (Wildman–Crippen LogP) is 4.48. The van der Waals surface area contributed by atoms with Crippen LogP contribution in [0.25, 0.3) is 0 Å². The van der Waals surface area contributed by atoms with E-state index in [0.717, 1.165) is 0 Å². The molecule has 154 valence electrons. The van der Waals surface area contributed by atoms with Crippen LogP contribution in [0.15, 0.2) is 48.5 Å². The fraction of sp³-hybridized carbons (Fsp3) is 0.364. The first-order valence-electron chi connectivity index (χ1n) is 9.56. The van der Waals surface area contributed by atoms with Crippen LogP contribution in [0, 0.1) is 11.6 Å². The van der Waals surface area contributed by atoms with Gasteiger partial charge in [0.05, 0.1) is 5.25 Å². The van der Waals surface area contributed by atoms with Crippen molar-refractivity contribution in [2.75, 3.05) is 13.1 Å². The molecule has 2 amide bonds. The highest BCUT2D eigenvalue weighted by atomic mass is 32.2. The maximum Gasteiger partial charge on any atom is 0.254 e. The maximum atomic E-state index is 14.3. The molecule has 3 rings (SSSR count). The van der Waals surface area contributed by atoms with Crippen LogP contribution in [-0.4, -0.2) is 46.0 Å². The molecular formula is C22H24F2N2O2S. The highest BCUT2D eigenvalue weighted by Crippen LogP contribution is 2.43. The van der Waals surface area contributed by atoms with E-state index in [4.69, 9.17) is 0 Å². The third-order valence-electron chi connectivity index (χ3n) is 4.96. The van der Waals surface area contributed by atoms with Crippen molar-refractivity contribution < 1.29 is 18.4 Å². The average Bonchev–Trinajstić information content (AvgIpc) is 2.96. The van der Waals surface area contributed by atoms with Gasteiger partial charge in [-0.1, -0.05) is 24.3 Å². The Kier molecular flexibility index (Phi) is 6.57. The minimum atomic E-state index is -0.473. The maximum absolute atomic E-state index is 14.3. The van der Waals surface area contributed by atoms with Crippen LogP contribution in [0.1, 0.15) is 42.1 Å². The fourth-order valence-corrected chi connectivity index (χ4v) is 4.75. The van der Waals surface area contributed by atoms with Gasteiger partial charge in [-0.15, -0.1) is 11.8 Å². The Labute approximate surface area is 173 Å². The number of hydrogen-bond donors (Lipinski definition) is 0. The van der Waals surface area contributed by atoms with E-state index in [0.29, 0.717) is 5.56 Å². The summed E-state index contributed by atoms with van der Waals surface area (Å²) in [6.07, 6.45) is 0. The van der Waals surface area contributed by atoms with Gasteiger partial charge in [0.2, 0.25) is 5.91 Å². The molecule has 0 unspecified atom stereocenters. The molecule has 1 heterocycles. The van der Waals surface area contributed by atoms with E-state index in [-0.39, 0.29) is 47.6 Å². The Bertz CT molecular complexity index is 906. The lowest BCUT2D eigenvalue weighted by molar-refractivity contribution is -0.130. The van der Waals surface area contributed by atoms with Crippen LogP contribution in [0.5, 0.6) is 0 Å². The molecule has 1 aliphatic rings. The van der Waals surface area contributed by atoms with E-state index < -0.39 is 11.2 Å². The molecule has 2 atom stereocenters. The van der Waals surface area contributed by atoms with Crippen LogP contribution in [0.2, 0.25) is 0 Å². The van der Waals surface area contributed by atoms with Gasteiger partial charge in [0.1, 0.15) is 17.0 Å². The molecule has 0 aliphatic carbocycles. The second-order valence-electron chi connectivity index (χ2n) is 7.29. The summed E-state index contributed by atoms with van der Waals surface area (Å²) in [4.78, 5) is 28.8. The van der Waals surface area contributed by atoms with Gasteiger partial charge in [-0.25, -0.2) is 8.78 Å². The van der Waals surface area contributed by atoms with Gasteiger partial charge in [0.15, 0.2) is 0 Å². The Morgan fingerprint density at radius 1 is 1.17 bits per heavy atom. The summed E-state index contributed by atoms with van der Waals surface area (Å²) in [6, 6.07) is 11.9. The minimum absolute atomic E-state index is 0.0786. The normalized spacial score (nSPS) is 19.1. The van der Waals surface area contributed by atoms with Crippen molar-refractivity contribution in [3.63, 3.8) is 0 Å². The zero-order valence-electron chi connectivity index (χ0n) is 16.6. The molecule has 4 nitrogen and oxygen atoms in total. The Hall–Kier alpha value is -2.41. The van der Waals surface area contributed by atoms with Crippen LogP contribution in [0.4, 0.5) is 8.78 Å². The standard InChI is InChI=1S/C22H24F2N2O2S/c1-14(2)25(21(28)16-7-6-8-17(23)13-16)11-12-26-20(27)15(3)29-22(26)18-9-4-5-10-19(18)24/h4-10,13-15,22H,11-12H2,1-3H3/t15-,22-/m1/s1. The molecule has 0 aromatic heterocycles. The van der Waals surface area contributed by atoms with Crippen molar-refractivity contribution in [2.45, 2.75) is 37.4 Å². The van der Waals surface area contributed by atoms with Gasteiger partial charge >= 0.3 is 0 Å². The fourth-order valence-electron chi connectivity index (χ4n) is 3.42. The molecular weight excluding hydrogens is 394 g/mol. The van der Waals surface area contributed by atoms with Gasteiger partial charge in [0, 0.05) is 30.3 Å². The second-order valence-corrected chi connectivity index (χ2v) is 8.71. The third-order valence-corrected chi connectivity index (χ3v) is 6.33. The summed E-state index contributed by atoms with van der Waals surface area (Å²) in [7, 11) is 0. The van der Waals surface area contributed by atoms with Crippen LogP contribution in [-0.2, 0) is 4.79 Å². The molecule has 0 spiro atoms. The van der Waals surface area contributed by atoms with Crippen molar-refractivity contribution in [3.8, 4) is 0 Å². The highest BCUT2D eigenvalue weighted by Gasteiger charge is 2.39. The van der Waals surface area contributed by atoms with Gasteiger partial charge in [-0.3, -0.25) is 9.59 Å². The van der Waals surface area contributed by atoms with Crippen molar-refractivity contribution in [1.82, 2.24) is 9.80 Å². The number of carbonyl (C=O) groups excluding carboxylic acids is 2. The molecule has 0 saturated carbocycles. The zero-order chi connectivity index (χ0) is 21.1.